The molecule has 1 unspecified atom stereocenters. The summed E-state index contributed by atoms with van der Waals surface area (Å²) in [5.74, 6) is 0.695. The molecule has 2 aromatic heterocycles. The van der Waals surface area contributed by atoms with Crippen LogP contribution in [0.1, 0.15) is 47.3 Å². The van der Waals surface area contributed by atoms with E-state index in [0.717, 1.165) is 12.1 Å². The molecule has 0 spiro atoms. The third-order valence-electron chi connectivity index (χ3n) is 5.85. The Balaban J connectivity index is 1.40. The number of para-hydroxylation sites is 1. The lowest BCUT2D eigenvalue weighted by Gasteiger charge is -2.19. The SMILES string of the molecule is COc1cc(=O)n(-c2ccccc2)cc1C(=O)N1CCC(n2cc(C3CC3)nn2)C1. The number of pyridine rings is 1. The summed E-state index contributed by atoms with van der Waals surface area (Å²) in [6.07, 6.45) is 6.79. The zero-order chi connectivity index (χ0) is 20.7. The van der Waals surface area contributed by atoms with Gasteiger partial charge in [-0.25, -0.2) is 4.68 Å². The Bertz CT molecular complexity index is 1130. The maximum Gasteiger partial charge on any atom is 0.259 e. The molecule has 0 N–H and O–H groups in total. The standard InChI is InChI=1S/C22H23N5O3/c1-30-20-11-21(28)26(16-5-3-2-4-6-16)13-18(20)22(29)25-10-9-17(12-25)27-14-19(23-24-27)15-7-8-15/h2-6,11,13-15,17H,7-10,12H2,1H3. The second-order valence-corrected chi connectivity index (χ2v) is 7.89. The number of nitrogens with zero attached hydrogens (tertiary/aromatic N) is 5. The molecule has 1 atom stereocenters. The Morgan fingerprint density at radius 3 is 2.67 bits per heavy atom. The highest BCUT2D eigenvalue weighted by molar-refractivity contribution is 5.97. The number of benzene rings is 1. The number of methoxy groups -OCH3 is 1. The average Bonchev–Trinajstić information content (AvgIpc) is 3.30. The fourth-order valence-electron chi connectivity index (χ4n) is 3.98. The fourth-order valence-corrected chi connectivity index (χ4v) is 3.98. The molecule has 154 valence electrons. The molecule has 1 aliphatic heterocycles. The summed E-state index contributed by atoms with van der Waals surface area (Å²) in [7, 11) is 1.47. The van der Waals surface area contributed by atoms with E-state index in [1.165, 1.54) is 30.6 Å². The Kier molecular flexibility index (Phi) is 4.61. The second kappa shape index (κ2) is 7.44. The van der Waals surface area contributed by atoms with Crippen LogP contribution in [0.4, 0.5) is 0 Å². The molecule has 3 heterocycles. The van der Waals surface area contributed by atoms with E-state index in [1.54, 1.807) is 11.1 Å². The molecule has 3 aromatic rings. The first kappa shape index (κ1) is 18.6. The molecular formula is C22H23N5O3. The lowest BCUT2D eigenvalue weighted by Crippen LogP contribution is -2.31. The largest absolute Gasteiger partial charge is 0.496 e. The minimum atomic E-state index is -0.246. The van der Waals surface area contributed by atoms with Gasteiger partial charge in [-0.15, -0.1) is 5.10 Å². The number of likely N-dealkylation sites (tertiary alicyclic amines) is 1. The zero-order valence-corrected chi connectivity index (χ0v) is 16.8. The Labute approximate surface area is 173 Å². The summed E-state index contributed by atoms with van der Waals surface area (Å²) >= 11 is 0. The van der Waals surface area contributed by atoms with Gasteiger partial charge in [0, 0.05) is 43.2 Å². The first-order valence-electron chi connectivity index (χ1n) is 10.2. The number of amides is 1. The molecule has 8 nitrogen and oxygen atoms in total. The van der Waals surface area contributed by atoms with Gasteiger partial charge in [-0.1, -0.05) is 23.4 Å². The van der Waals surface area contributed by atoms with Crippen LogP contribution in [-0.2, 0) is 0 Å². The van der Waals surface area contributed by atoms with Gasteiger partial charge in [-0.05, 0) is 31.4 Å². The van der Waals surface area contributed by atoms with Crippen molar-refractivity contribution in [2.45, 2.75) is 31.2 Å². The van der Waals surface area contributed by atoms with E-state index in [4.69, 9.17) is 4.74 Å². The van der Waals surface area contributed by atoms with Crippen LogP contribution >= 0.6 is 0 Å². The highest BCUT2D eigenvalue weighted by atomic mass is 16.5. The lowest BCUT2D eigenvalue weighted by molar-refractivity contribution is 0.0782. The number of hydrogen-bond acceptors (Lipinski definition) is 5. The highest BCUT2D eigenvalue weighted by Gasteiger charge is 2.32. The molecule has 1 saturated carbocycles. The van der Waals surface area contributed by atoms with Crippen LogP contribution in [0.15, 0.2) is 53.6 Å². The fraction of sp³-hybridized carbons (Fsp3) is 0.364. The molecule has 1 aliphatic carbocycles. The number of carbonyl (C=O) groups is 1. The van der Waals surface area contributed by atoms with Gasteiger partial charge in [-0.3, -0.25) is 14.2 Å². The number of ether oxygens (including phenoxy) is 1. The van der Waals surface area contributed by atoms with Gasteiger partial charge in [-0.2, -0.15) is 0 Å². The molecule has 1 amide bonds. The highest BCUT2D eigenvalue weighted by Crippen LogP contribution is 2.39. The maximum atomic E-state index is 13.3. The quantitative estimate of drug-likeness (QED) is 0.651. The van der Waals surface area contributed by atoms with Crippen LogP contribution in [0, 0.1) is 0 Å². The number of hydrogen-bond donors (Lipinski definition) is 0. The molecule has 2 fully saturated rings. The van der Waals surface area contributed by atoms with Crippen LogP contribution in [0.3, 0.4) is 0 Å². The second-order valence-electron chi connectivity index (χ2n) is 7.89. The van der Waals surface area contributed by atoms with Crippen LogP contribution < -0.4 is 10.3 Å². The smallest absolute Gasteiger partial charge is 0.259 e. The van der Waals surface area contributed by atoms with Crippen molar-refractivity contribution in [3.05, 3.63) is 70.4 Å². The first-order chi connectivity index (χ1) is 14.6. The Hall–Kier alpha value is -3.42. The third kappa shape index (κ3) is 3.38. The molecular weight excluding hydrogens is 382 g/mol. The Morgan fingerprint density at radius 1 is 1.13 bits per heavy atom. The zero-order valence-electron chi connectivity index (χ0n) is 16.8. The van der Waals surface area contributed by atoms with E-state index in [0.29, 0.717) is 30.3 Å². The van der Waals surface area contributed by atoms with Gasteiger partial charge in [0.1, 0.15) is 5.75 Å². The van der Waals surface area contributed by atoms with Crippen LogP contribution in [0.25, 0.3) is 5.69 Å². The number of aromatic nitrogens is 4. The van der Waals surface area contributed by atoms with E-state index in [2.05, 4.69) is 10.3 Å². The molecule has 1 aromatic carbocycles. The van der Waals surface area contributed by atoms with Crippen molar-refractivity contribution in [3.8, 4) is 11.4 Å². The minimum absolute atomic E-state index is 0.111. The average molecular weight is 405 g/mol. The van der Waals surface area contributed by atoms with Crippen LogP contribution in [-0.4, -0.2) is 50.6 Å². The molecule has 8 heteroatoms. The van der Waals surface area contributed by atoms with E-state index < -0.39 is 0 Å². The number of carbonyl (C=O) groups excluding carboxylic acids is 1. The van der Waals surface area contributed by atoms with E-state index in [9.17, 15) is 9.59 Å². The summed E-state index contributed by atoms with van der Waals surface area (Å²) in [6.45, 7) is 1.18. The van der Waals surface area contributed by atoms with E-state index in [-0.39, 0.29) is 23.3 Å². The summed E-state index contributed by atoms with van der Waals surface area (Å²) in [5.41, 5.74) is 1.88. The molecule has 1 saturated heterocycles. The topological polar surface area (TPSA) is 82.2 Å². The van der Waals surface area contributed by atoms with Crippen molar-refractivity contribution in [1.82, 2.24) is 24.5 Å². The summed E-state index contributed by atoms with van der Waals surface area (Å²) in [6, 6.07) is 10.7. The molecule has 2 aliphatic rings. The lowest BCUT2D eigenvalue weighted by atomic mass is 10.2. The molecule has 30 heavy (non-hydrogen) atoms. The van der Waals surface area contributed by atoms with Gasteiger partial charge >= 0.3 is 0 Å². The predicted molar refractivity (Wildman–Crippen MR) is 110 cm³/mol. The normalized spacial score (nSPS) is 18.6. The van der Waals surface area contributed by atoms with E-state index in [1.807, 2.05) is 41.2 Å². The monoisotopic (exact) mass is 405 g/mol. The Morgan fingerprint density at radius 2 is 1.93 bits per heavy atom. The van der Waals surface area contributed by atoms with Crippen molar-refractivity contribution >= 4 is 5.91 Å². The summed E-state index contributed by atoms with van der Waals surface area (Å²) in [5, 5.41) is 8.57. The van der Waals surface area contributed by atoms with Crippen molar-refractivity contribution in [2.75, 3.05) is 20.2 Å². The summed E-state index contributed by atoms with van der Waals surface area (Å²) in [4.78, 5) is 27.6. The summed E-state index contributed by atoms with van der Waals surface area (Å²) < 4.78 is 8.72. The molecule has 0 radical (unpaired) electrons. The number of rotatable bonds is 5. The minimum Gasteiger partial charge on any atom is -0.496 e. The van der Waals surface area contributed by atoms with Gasteiger partial charge in [0.2, 0.25) is 0 Å². The van der Waals surface area contributed by atoms with Crippen molar-refractivity contribution in [2.24, 2.45) is 0 Å². The van der Waals surface area contributed by atoms with Crippen LogP contribution in [0.5, 0.6) is 5.75 Å². The first-order valence-corrected chi connectivity index (χ1v) is 10.2. The van der Waals surface area contributed by atoms with Gasteiger partial charge in [0.15, 0.2) is 0 Å². The van der Waals surface area contributed by atoms with Crippen molar-refractivity contribution in [1.29, 1.82) is 0 Å². The van der Waals surface area contributed by atoms with Gasteiger partial charge in [0.25, 0.3) is 11.5 Å². The van der Waals surface area contributed by atoms with Gasteiger partial charge < -0.3 is 9.64 Å². The predicted octanol–water partition coefficient (Wildman–Crippen LogP) is 2.40. The van der Waals surface area contributed by atoms with Crippen LogP contribution in [0.2, 0.25) is 0 Å². The maximum absolute atomic E-state index is 13.3. The van der Waals surface area contributed by atoms with Gasteiger partial charge in [0.05, 0.1) is 24.4 Å². The van der Waals surface area contributed by atoms with Crippen molar-refractivity contribution in [3.63, 3.8) is 0 Å². The molecule has 0 bridgehead atoms. The van der Waals surface area contributed by atoms with E-state index >= 15 is 0 Å². The molecule has 5 rings (SSSR count). The van der Waals surface area contributed by atoms with Crippen molar-refractivity contribution < 1.29 is 9.53 Å². The third-order valence-corrected chi connectivity index (χ3v) is 5.85.